The van der Waals surface area contributed by atoms with Gasteiger partial charge in [-0.05, 0) is 106 Å². The minimum absolute atomic E-state index is 0.00717. The van der Waals surface area contributed by atoms with Crippen LogP contribution in [0.3, 0.4) is 0 Å². The molecule has 2 N–H and O–H groups in total. The average molecular weight is 406 g/mol. The van der Waals surface area contributed by atoms with Gasteiger partial charge in [0.2, 0.25) is 0 Å². The minimum Gasteiger partial charge on any atom is -0.352 e. The maximum Gasteiger partial charge on any atom is 0.251 e. The number of benzene rings is 2. The second kappa shape index (κ2) is 11.7. The van der Waals surface area contributed by atoms with Crippen LogP contribution in [0.1, 0.15) is 65.1 Å². The fraction of sp³-hybridized carbons (Fsp3) is 0.462. The first kappa shape index (κ1) is 22.2. The van der Waals surface area contributed by atoms with E-state index in [1.807, 2.05) is 12.1 Å². The lowest BCUT2D eigenvalue weighted by Crippen LogP contribution is -2.29. The van der Waals surface area contributed by atoms with Gasteiger partial charge in [-0.25, -0.2) is 0 Å². The number of amides is 1. The lowest BCUT2D eigenvalue weighted by molar-refractivity contribution is 0.0954. The summed E-state index contributed by atoms with van der Waals surface area (Å²) in [7, 11) is 2.18. The van der Waals surface area contributed by atoms with Gasteiger partial charge in [-0.15, -0.1) is 0 Å². The minimum atomic E-state index is 0.00717. The molecule has 1 aliphatic rings. The predicted octanol–water partition coefficient (Wildman–Crippen LogP) is 4.83. The van der Waals surface area contributed by atoms with E-state index in [4.69, 9.17) is 5.41 Å². The summed E-state index contributed by atoms with van der Waals surface area (Å²) in [6.07, 6.45) is 8.87. The molecule has 0 radical (unpaired) electrons. The quantitative estimate of drug-likeness (QED) is 0.439. The first-order valence-electron chi connectivity index (χ1n) is 11.3. The maximum absolute atomic E-state index is 12.5. The molecule has 0 aromatic heterocycles. The van der Waals surface area contributed by atoms with Crippen molar-refractivity contribution in [2.75, 3.05) is 26.7 Å². The highest BCUT2D eigenvalue weighted by atomic mass is 16.1. The summed E-state index contributed by atoms with van der Waals surface area (Å²) in [5, 5.41) is 10.1. The van der Waals surface area contributed by atoms with Gasteiger partial charge in [0.25, 0.3) is 5.91 Å². The van der Waals surface area contributed by atoms with Gasteiger partial charge in [0.05, 0.1) is 0 Å². The van der Waals surface area contributed by atoms with Crippen LogP contribution in [0.5, 0.6) is 0 Å². The molecule has 2 aromatic carbocycles. The van der Waals surface area contributed by atoms with Crippen molar-refractivity contribution in [1.82, 2.24) is 10.2 Å². The van der Waals surface area contributed by atoms with E-state index in [9.17, 15) is 4.79 Å². The molecule has 4 nitrogen and oxygen atoms in total. The molecule has 0 saturated carbocycles. The molecule has 0 unspecified atom stereocenters. The Kier molecular flexibility index (Phi) is 8.64. The van der Waals surface area contributed by atoms with E-state index < -0.39 is 0 Å². The molecule has 1 aliphatic heterocycles. The van der Waals surface area contributed by atoms with Gasteiger partial charge in [0.1, 0.15) is 0 Å². The van der Waals surface area contributed by atoms with Crippen LogP contribution in [-0.2, 0) is 12.8 Å². The van der Waals surface area contributed by atoms with Crippen LogP contribution < -0.4 is 5.32 Å². The summed E-state index contributed by atoms with van der Waals surface area (Å²) >= 11 is 0. The lowest BCUT2D eigenvalue weighted by atomic mass is 9.89. The fourth-order valence-electron chi connectivity index (χ4n) is 4.12. The van der Waals surface area contributed by atoms with Gasteiger partial charge in [-0.1, -0.05) is 36.4 Å². The number of aryl methyl sites for hydroxylation is 1. The van der Waals surface area contributed by atoms with E-state index in [0.29, 0.717) is 12.5 Å². The SMILES string of the molecule is CN1CCC(c2ccc(C(=O)NCCc3ccc(CCCCC=N)cc3)cc2)CC1. The van der Waals surface area contributed by atoms with Crippen LogP contribution in [0.15, 0.2) is 48.5 Å². The number of unbranched alkanes of at least 4 members (excludes halogenated alkanes) is 2. The zero-order valence-electron chi connectivity index (χ0n) is 18.2. The van der Waals surface area contributed by atoms with Crippen molar-refractivity contribution in [2.45, 2.75) is 50.9 Å². The summed E-state index contributed by atoms with van der Waals surface area (Å²) < 4.78 is 0. The van der Waals surface area contributed by atoms with E-state index in [-0.39, 0.29) is 5.91 Å². The fourth-order valence-corrected chi connectivity index (χ4v) is 4.12. The van der Waals surface area contributed by atoms with Crippen molar-refractivity contribution in [3.05, 3.63) is 70.8 Å². The van der Waals surface area contributed by atoms with E-state index >= 15 is 0 Å². The molecule has 4 heteroatoms. The smallest absolute Gasteiger partial charge is 0.251 e. The highest BCUT2D eigenvalue weighted by molar-refractivity contribution is 5.94. The summed E-state index contributed by atoms with van der Waals surface area (Å²) in [6.45, 7) is 2.95. The number of piperidine rings is 1. The predicted molar refractivity (Wildman–Crippen MR) is 125 cm³/mol. The molecule has 2 aromatic rings. The Morgan fingerprint density at radius 2 is 1.63 bits per heavy atom. The second-order valence-electron chi connectivity index (χ2n) is 8.47. The van der Waals surface area contributed by atoms with Crippen LogP contribution in [0.2, 0.25) is 0 Å². The lowest BCUT2D eigenvalue weighted by Gasteiger charge is -2.29. The van der Waals surface area contributed by atoms with Gasteiger partial charge in [-0.3, -0.25) is 4.79 Å². The molecule has 3 rings (SSSR count). The van der Waals surface area contributed by atoms with Crippen molar-refractivity contribution in [3.63, 3.8) is 0 Å². The summed E-state index contributed by atoms with van der Waals surface area (Å²) in [5.74, 6) is 0.630. The third-order valence-corrected chi connectivity index (χ3v) is 6.15. The number of hydrogen-bond donors (Lipinski definition) is 2. The van der Waals surface area contributed by atoms with Crippen LogP contribution in [0.4, 0.5) is 0 Å². The third-order valence-electron chi connectivity index (χ3n) is 6.15. The van der Waals surface area contributed by atoms with Gasteiger partial charge in [0, 0.05) is 12.1 Å². The molecule has 0 spiro atoms. The molecule has 1 heterocycles. The highest BCUT2D eigenvalue weighted by Gasteiger charge is 2.18. The number of rotatable bonds is 10. The van der Waals surface area contributed by atoms with E-state index in [1.54, 1.807) is 0 Å². The molecular formula is C26H35N3O. The molecule has 30 heavy (non-hydrogen) atoms. The second-order valence-corrected chi connectivity index (χ2v) is 8.47. The number of carbonyl (C=O) groups excluding carboxylic acids is 1. The molecule has 160 valence electrons. The van der Waals surface area contributed by atoms with Crippen LogP contribution in [0.25, 0.3) is 0 Å². The van der Waals surface area contributed by atoms with Gasteiger partial charge < -0.3 is 15.6 Å². The van der Waals surface area contributed by atoms with Crippen molar-refractivity contribution >= 4 is 12.1 Å². The Morgan fingerprint density at radius 1 is 1.00 bits per heavy atom. The van der Waals surface area contributed by atoms with Crippen LogP contribution in [0, 0.1) is 5.41 Å². The van der Waals surface area contributed by atoms with E-state index in [0.717, 1.165) is 50.8 Å². The van der Waals surface area contributed by atoms with Crippen LogP contribution in [-0.4, -0.2) is 43.7 Å². The normalized spacial score (nSPS) is 15.1. The summed E-state index contributed by atoms with van der Waals surface area (Å²) in [4.78, 5) is 14.8. The zero-order valence-corrected chi connectivity index (χ0v) is 18.2. The van der Waals surface area contributed by atoms with Crippen LogP contribution >= 0.6 is 0 Å². The Morgan fingerprint density at radius 3 is 2.27 bits per heavy atom. The van der Waals surface area contributed by atoms with E-state index in [1.165, 1.54) is 35.7 Å². The summed E-state index contributed by atoms with van der Waals surface area (Å²) in [5.41, 5.74) is 4.69. The Bertz CT molecular complexity index is 790. The Balaban J connectivity index is 1.40. The monoisotopic (exact) mass is 405 g/mol. The van der Waals surface area contributed by atoms with Crippen molar-refractivity contribution in [1.29, 1.82) is 5.41 Å². The molecule has 0 aliphatic carbocycles. The zero-order chi connectivity index (χ0) is 21.2. The number of nitrogens with one attached hydrogen (secondary N) is 2. The largest absolute Gasteiger partial charge is 0.352 e. The Labute approximate surface area is 181 Å². The summed E-state index contributed by atoms with van der Waals surface area (Å²) in [6, 6.07) is 16.9. The molecule has 0 bridgehead atoms. The van der Waals surface area contributed by atoms with Gasteiger partial charge in [0.15, 0.2) is 0 Å². The van der Waals surface area contributed by atoms with Crippen molar-refractivity contribution in [3.8, 4) is 0 Å². The number of nitrogens with zero attached hydrogens (tertiary/aromatic N) is 1. The third kappa shape index (κ3) is 6.81. The standard InChI is InChI=1S/C26H35N3O/c1-29-19-15-24(16-20-29)23-10-12-25(13-11-23)26(30)28-18-14-22-8-6-21(7-9-22)5-3-2-4-17-27/h6-13,17,24,27H,2-5,14-16,18-20H2,1H3,(H,28,30). The topological polar surface area (TPSA) is 56.2 Å². The maximum atomic E-state index is 12.5. The average Bonchev–Trinajstić information content (AvgIpc) is 2.78. The highest BCUT2D eigenvalue weighted by Crippen LogP contribution is 2.27. The van der Waals surface area contributed by atoms with Crippen molar-refractivity contribution in [2.24, 2.45) is 0 Å². The molecular weight excluding hydrogens is 370 g/mol. The molecule has 1 fully saturated rings. The number of carbonyl (C=O) groups is 1. The molecule has 0 atom stereocenters. The molecule has 1 saturated heterocycles. The van der Waals surface area contributed by atoms with Gasteiger partial charge in [-0.2, -0.15) is 0 Å². The van der Waals surface area contributed by atoms with E-state index in [2.05, 4.69) is 53.7 Å². The first-order valence-corrected chi connectivity index (χ1v) is 11.3. The molecule has 1 amide bonds. The number of likely N-dealkylation sites (tertiary alicyclic amines) is 1. The van der Waals surface area contributed by atoms with Crippen molar-refractivity contribution < 1.29 is 4.79 Å². The first-order chi connectivity index (χ1) is 14.7. The number of hydrogen-bond acceptors (Lipinski definition) is 3. The van der Waals surface area contributed by atoms with Gasteiger partial charge >= 0.3 is 0 Å². The Hall–Kier alpha value is -2.46.